The third-order valence-electron chi connectivity index (χ3n) is 5.11. The van der Waals surface area contributed by atoms with Crippen LogP contribution in [0, 0.1) is 6.92 Å². The maximum absolute atomic E-state index is 13.0. The van der Waals surface area contributed by atoms with Crippen LogP contribution in [-0.2, 0) is 6.42 Å². The van der Waals surface area contributed by atoms with Crippen molar-refractivity contribution in [2.24, 2.45) is 0 Å². The summed E-state index contributed by atoms with van der Waals surface area (Å²) in [5, 5.41) is 9.76. The van der Waals surface area contributed by atoms with Crippen LogP contribution in [0.1, 0.15) is 33.1 Å². The maximum atomic E-state index is 13.0. The molecule has 3 heterocycles. The molecule has 1 aliphatic rings. The molecule has 0 fully saturated rings. The van der Waals surface area contributed by atoms with Gasteiger partial charge in [0.1, 0.15) is 0 Å². The van der Waals surface area contributed by atoms with Gasteiger partial charge in [-0.25, -0.2) is 4.98 Å². The number of hydrogen-bond acceptors (Lipinski definition) is 5. The first-order valence-electron chi connectivity index (χ1n) is 8.87. The van der Waals surface area contributed by atoms with Crippen LogP contribution in [0.3, 0.4) is 0 Å². The number of aryl methyl sites for hydroxylation is 1. The van der Waals surface area contributed by atoms with Crippen LogP contribution < -0.4 is 5.32 Å². The molecule has 4 aromatic rings. The summed E-state index contributed by atoms with van der Waals surface area (Å²) >= 11 is 1.58. The van der Waals surface area contributed by atoms with Gasteiger partial charge in [0.2, 0.25) is 0 Å². The minimum Gasteiger partial charge on any atom is -0.351 e. The van der Waals surface area contributed by atoms with Gasteiger partial charge in [0.15, 0.2) is 0 Å². The first-order chi connectivity index (χ1) is 13.2. The summed E-state index contributed by atoms with van der Waals surface area (Å²) in [5.74, 6) is 0.263. The lowest BCUT2D eigenvalue weighted by Gasteiger charge is -2.30. The molecule has 0 radical (unpaired) electrons. The van der Waals surface area contributed by atoms with Crippen molar-refractivity contribution in [3.63, 3.8) is 0 Å². The van der Waals surface area contributed by atoms with Crippen molar-refractivity contribution >= 4 is 28.3 Å². The Kier molecular flexibility index (Phi) is 3.79. The van der Waals surface area contributed by atoms with Gasteiger partial charge in [0.25, 0.3) is 11.6 Å². The van der Waals surface area contributed by atoms with E-state index in [0.717, 1.165) is 17.0 Å². The normalized spacial score (nSPS) is 15.4. The quantitative estimate of drug-likeness (QED) is 0.576. The highest BCUT2D eigenvalue weighted by atomic mass is 32.1. The molecule has 1 amide bonds. The smallest absolute Gasteiger partial charge is 0.259 e. The van der Waals surface area contributed by atoms with Crippen LogP contribution in [0.5, 0.6) is 0 Å². The minimum absolute atomic E-state index is 0.115. The molecule has 0 saturated heterocycles. The molecule has 1 aliphatic carbocycles. The first kappa shape index (κ1) is 16.2. The fourth-order valence-electron chi connectivity index (χ4n) is 3.68. The molecule has 0 aliphatic heterocycles. The predicted molar refractivity (Wildman–Crippen MR) is 105 cm³/mol. The number of fused-ring (bicyclic) bond motifs is 2. The minimum atomic E-state index is -0.115. The second-order valence-electron chi connectivity index (χ2n) is 6.79. The molecule has 27 heavy (non-hydrogen) atoms. The van der Waals surface area contributed by atoms with Crippen LogP contribution in [0.15, 0.2) is 52.4 Å². The van der Waals surface area contributed by atoms with Gasteiger partial charge in [-0.2, -0.15) is 0 Å². The molecule has 0 spiro atoms. The van der Waals surface area contributed by atoms with Gasteiger partial charge in [-0.3, -0.25) is 4.79 Å². The number of aromatic nitrogens is 2. The average Bonchev–Trinajstić information content (AvgIpc) is 3.32. The lowest BCUT2D eigenvalue weighted by atomic mass is 9.77. The predicted octanol–water partition coefficient (Wildman–Crippen LogP) is 4.33. The van der Waals surface area contributed by atoms with E-state index in [2.05, 4.69) is 33.7 Å². The number of pyridine rings is 1. The number of benzene rings is 1. The number of carbonyl (C=O) groups excluding carboxylic acids is 1. The molecule has 3 aromatic heterocycles. The molecule has 1 atom stereocenters. The van der Waals surface area contributed by atoms with Crippen molar-refractivity contribution < 1.29 is 9.32 Å². The standard InChI is InChI=1S/C21H17N3O2S/c1-12-19-16(10-17(18-7-4-8-27-18)23-21(19)26-24-12)20(25)22-11-14-9-13-5-2-3-6-15(13)14/h2-8,10,14H,9,11H2,1H3,(H,22,25). The first-order valence-corrected chi connectivity index (χ1v) is 9.75. The largest absolute Gasteiger partial charge is 0.351 e. The van der Waals surface area contributed by atoms with Gasteiger partial charge in [-0.05, 0) is 42.0 Å². The van der Waals surface area contributed by atoms with E-state index in [4.69, 9.17) is 4.52 Å². The van der Waals surface area contributed by atoms with Crippen molar-refractivity contribution in [3.8, 4) is 10.6 Å². The monoisotopic (exact) mass is 375 g/mol. The molecule has 134 valence electrons. The number of amides is 1. The fourth-order valence-corrected chi connectivity index (χ4v) is 4.37. The molecular formula is C21H17N3O2S. The van der Waals surface area contributed by atoms with Crippen molar-refractivity contribution in [2.45, 2.75) is 19.3 Å². The fraction of sp³-hybridized carbons (Fsp3) is 0.190. The summed E-state index contributed by atoms with van der Waals surface area (Å²) in [5.41, 5.74) is 5.07. The molecule has 1 N–H and O–H groups in total. The summed E-state index contributed by atoms with van der Waals surface area (Å²) in [7, 11) is 0. The van der Waals surface area contributed by atoms with Gasteiger partial charge in [0, 0.05) is 12.5 Å². The Balaban J connectivity index is 1.45. The van der Waals surface area contributed by atoms with Gasteiger partial charge >= 0.3 is 0 Å². The van der Waals surface area contributed by atoms with E-state index >= 15 is 0 Å². The molecule has 0 saturated carbocycles. The van der Waals surface area contributed by atoms with Crippen LogP contribution in [-0.4, -0.2) is 22.6 Å². The van der Waals surface area contributed by atoms with E-state index in [1.54, 1.807) is 11.3 Å². The molecule has 5 nitrogen and oxygen atoms in total. The topological polar surface area (TPSA) is 68.0 Å². The van der Waals surface area contributed by atoms with Gasteiger partial charge < -0.3 is 9.84 Å². The van der Waals surface area contributed by atoms with Crippen LogP contribution in [0.25, 0.3) is 21.7 Å². The average molecular weight is 375 g/mol. The van der Waals surface area contributed by atoms with Crippen molar-refractivity contribution in [2.75, 3.05) is 6.54 Å². The summed E-state index contributed by atoms with van der Waals surface area (Å²) in [6, 6.07) is 14.2. The zero-order valence-electron chi connectivity index (χ0n) is 14.7. The summed E-state index contributed by atoms with van der Waals surface area (Å²) in [6.07, 6.45) is 1.01. The summed E-state index contributed by atoms with van der Waals surface area (Å²) in [4.78, 5) is 18.5. The maximum Gasteiger partial charge on any atom is 0.259 e. The van der Waals surface area contributed by atoms with E-state index in [-0.39, 0.29) is 5.91 Å². The molecule has 1 unspecified atom stereocenters. The van der Waals surface area contributed by atoms with E-state index in [0.29, 0.717) is 34.8 Å². The van der Waals surface area contributed by atoms with Crippen LogP contribution in [0.2, 0.25) is 0 Å². The van der Waals surface area contributed by atoms with E-state index < -0.39 is 0 Å². The Morgan fingerprint density at radius 1 is 1.30 bits per heavy atom. The summed E-state index contributed by atoms with van der Waals surface area (Å²) in [6.45, 7) is 2.45. The lowest BCUT2D eigenvalue weighted by molar-refractivity contribution is 0.0951. The second kappa shape index (κ2) is 6.32. The highest BCUT2D eigenvalue weighted by Crippen LogP contribution is 2.34. The number of thiophene rings is 1. The van der Waals surface area contributed by atoms with E-state index in [9.17, 15) is 4.79 Å². The highest BCUT2D eigenvalue weighted by molar-refractivity contribution is 7.13. The zero-order valence-corrected chi connectivity index (χ0v) is 15.5. The van der Waals surface area contributed by atoms with Crippen molar-refractivity contribution in [3.05, 3.63) is 70.2 Å². The third-order valence-corrected chi connectivity index (χ3v) is 6.00. The van der Waals surface area contributed by atoms with Crippen molar-refractivity contribution in [1.82, 2.24) is 15.5 Å². The van der Waals surface area contributed by atoms with Crippen LogP contribution >= 0.6 is 11.3 Å². The Morgan fingerprint density at radius 3 is 3.00 bits per heavy atom. The Labute approximate surface area is 160 Å². The molecule has 0 bridgehead atoms. The number of carbonyl (C=O) groups is 1. The Hall–Kier alpha value is -2.99. The number of nitrogens with one attached hydrogen (secondary N) is 1. The lowest BCUT2D eigenvalue weighted by Crippen LogP contribution is -2.33. The SMILES string of the molecule is Cc1noc2nc(-c3cccs3)cc(C(=O)NCC3Cc4ccccc43)c12. The molecule has 6 heteroatoms. The van der Waals surface area contributed by atoms with Gasteiger partial charge in [0.05, 0.1) is 27.2 Å². The van der Waals surface area contributed by atoms with Gasteiger partial charge in [-0.1, -0.05) is 35.5 Å². The second-order valence-corrected chi connectivity index (χ2v) is 7.74. The molecule has 1 aromatic carbocycles. The Bertz CT molecular complexity index is 1150. The van der Waals surface area contributed by atoms with Crippen LogP contribution in [0.4, 0.5) is 0 Å². The summed E-state index contributed by atoms with van der Waals surface area (Å²) < 4.78 is 5.35. The highest BCUT2D eigenvalue weighted by Gasteiger charge is 2.26. The van der Waals surface area contributed by atoms with Crippen molar-refractivity contribution in [1.29, 1.82) is 0 Å². The van der Waals surface area contributed by atoms with Gasteiger partial charge in [-0.15, -0.1) is 11.3 Å². The zero-order chi connectivity index (χ0) is 18.4. The van der Waals surface area contributed by atoms with E-state index in [1.807, 2.05) is 36.6 Å². The number of hydrogen-bond donors (Lipinski definition) is 1. The number of rotatable bonds is 4. The Morgan fingerprint density at radius 2 is 2.19 bits per heavy atom. The van der Waals surface area contributed by atoms with E-state index in [1.165, 1.54) is 11.1 Å². The number of nitrogens with zero attached hydrogens (tertiary/aromatic N) is 2. The molecule has 5 rings (SSSR count). The molecular weight excluding hydrogens is 358 g/mol. The third kappa shape index (κ3) is 2.73.